The van der Waals surface area contributed by atoms with Crippen LogP contribution >= 0.6 is 0 Å². The number of likely N-dealkylation sites (tertiary alicyclic amines) is 1. The monoisotopic (exact) mass is 392 g/mol. The highest BCUT2D eigenvalue weighted by atomic mass is 16.5. The van der Waals surface area contributed by atoms with E-state index in [4.69, 9.17) is 9.72 Å². The third-order valence-electron chi connectivity index (χ3n) is 6.19. The second-order valence-corrected chi connectivity index (χ2v) is 8.10. The second-order valence-electron chi connectivity index (χ2n) is 8.10. The number of hydrogen-bond acceptors (Lipinski definition) is 6. The van der Waals surface area contributed by atoms with Crippen LogP contribution in [0.2, 0.25) is 0 Å². The van der Waals surface area contributed by atoms with E-state index in [1.807, 2.05) is 18.7 Å². The second kappa shape index (κ2) is 8.08. The molecule has 0 radical (unpaired) electrons. The highest BCUT2D eigenvalue weighted by molar-refractivity contribution is 5.87. The summed E-state index contributed by atoms with van der Waals surface area (Å²) in [6, 6.07) is 6.48. The molecule has 2 saturated heterocycles. The van der Waals surface area contributed by atoms with Crippen LogP contribution in [0, 0.1) is 0 Å². The van der Waals surface area contributed by atoms with Gasteiger partial charge in [-0.05, 0) is 49.7 Å². The quantitative estimate of drug-likeness (QED) is 0.680. The maximum absolute atomic E-state index is 5.54. The van der Waals surface area contributed by atoms with Gasteiger partial charge in [0.15, 0.2) is 5.82 Å². The first-order chi connectivity index (χ1) is 14.3. The normalized spacial score (nSPS) is 19.1. The van der Waals surface area contributed by atoms with E-state index < -0.39 is 0 Å². The topological polar surface area (TPSA) is 59.3 Å². The van der Waals surface area contributed by atoms with Crippen molar-refractivity contribution in [3.8, 4) is 0 Å². The maximum atomic E-state index is 5.54. The van der Waals surface area contributed by atoms with E-state index in [1.165, 1.54) is 16.8 Å². The molecule has 3 aromatic heterocycles. The van der Waals surface area contributed by atoms with Gasteiger partial charge in [0.2, 0.25) is 0 Å². The Morgan fingerprint density at radius 2 is 1.83 bits per heavy atom. The zero-order valence-corrected chi connectivity index (χ0v) is 17.0. The first-order valence-corrected chi connectivity index (χ1v) is 10.5. The average molecular weight is 393 g/mol. The molecule has 2 fully saturated rings. The molecule has 0 aromatic carbocycles. The number of hydrogen-bond donors (Lipinski definition) is 0. The van der Waals surface area contributed by atoms with E-state index in [-0.39, 0.29) is 0 Å². The van der Waals surface area contributed by atoms with Crippen molar-refractivity contribution >= 4 is 16.9 Å². The molecule has 5 rings (SSSR count). The first-order valence-electron chi connectivity index (χ1n) is 10.5. The number of piperidine rings is 1. The lowest BCUT2D eigenvalue weighted by molar-refractivity contribution is 0.122. The molecule has 0 saturated carbocycles. The Morgan fingerprint density at radius 3 is 2.59 bits per heavy atom. The molecule has 152 valence electrons. The van der Waals surface area contributed by atoms with E-state index >= 15 is 0 Å². The minimum absolute atomic E-state index is 0.503. The molecule has 0 amide bonds. The summed E-state index contributed by atoms with van der Waals surface area (Å²) < 4.78 is 7.66. The maximum Gasteiger partial charge on any atom is 0.157 e. The number of pyridine rings is 2. The summed E-state index contributed by atoms with van der Waals surface area (Å²) in [4.78, 5) is 18.8. The van der Waals surface area contributed by atoms with Gasteiger partial charge in [-0.15, -0.1) is 0 Å². The van der Waals surface area contributed by atoms with Crippen LogP contribution in [0.1, 0.15) is 30.0 Å². The fraction of sp³-hybridized carbons (Fsp3) is 0.500. The summed E-state index contributed by atoms with van der Waals surface area (Å²) in [5.41, 5.74) is 4.73. The highest BCUT2D eigenvalue weighted by Gasteiger charge is 2.25. The molecule has 0 aliphatic carbocycles. The molecule has 5 heterocycles. The minimum atomic E-state index is 0.503. The first kappa shape index (κ1) is 18.5. The van der Waals surface area contributed by atoms with Gasteiger partial charge in [-0.25, -0.2) is 9.97 Å². The largest absolute Gasteiger partial charge is 0.378 e. The number of rotatable bonds is 4. The Morgan fingerprint density at radius 1 is 1.07 bits per heavy atom. The van der Waals surface area contributed by atoms with Gasteiger partial charge in [0.05, 0.1) is 25.1 Å². The molecule has 29 heavy (non-hydrogen) atoms. The SMILES string of the molecule is Cn1cnc2c(N3CCOCC3)nc(C3CCN(Cc4ccncc4)CC3)cc21. The standard InChI is InChI=1S/C22H28N6O/c1-26-16-24-21-20(26)14-19(25-22(21)28-10-12-29-13-11-28)18-4-8-27(9-5-18)15-17-2-6-23-7-3-17/h2-3,6-7,14,16,18H,4-5,8-13,15H2,1H3. The van der Waals surface area contributed by atoms with Crippen molar-refractivity contribution in [3.63, 3.8) is 0 Å². The van der Waals surface area contributed by atoms with Crippen LogP contribution in [0.5, 0.6) is 0 Å². The van der Waals surface area contributed by atoms with E-state index in [0.717, 1.165) is 70.1 Å². The van der Waals surface area contributed by atoms with Gasteiger partial charge in [0.25, 0.3) is 0 Å². The van der Waals surface area contributed by atoms with E-state index in [9.17, 15) is 0 Å². The Hall–Kier alpha value is -2.51. The van der Waals surface area contributed by atoms with Gasteiger partial charge in [0, 0.05) is 50.7 Å². The number of morpholine rings is 1. The molecular formula is C22H28N6O. The minimum Gasteiger partial charge on any atom is -0.378 e. The molecule has 0 N–H and O–H groups in total. The summed E-state index contributed by atoms with van der Waals surface area (Å²) in [5, 5.41) is 0. The Labute approximate surface area is 171 Å². The molecule has 3 aromatic rings. The van der Waals surface area contributed by atoms with Crippen LogP contribution in [0.25, 0.3) is 11.0 Å². The van der Waals surface area contributed by atoms with E-state index in [0.29, 0.717) is 5.92 Å². The lowest BCUT2D eigenvalue weighted by Gasteiger charge is -2.33. The summed E-state index contributed by atoms with van der Waals surface area (Å²) in [6.07, 6.45) is 7.94. The van der Waals surface area contributed by atoms with Crippen molar-refractivity contribution in [1.29, 1.82) is 0 Å². The summed E-state index contributed by atoms with van der Waals surface area (Å²) in [7, 11) is 2.07. The lowest BCUT2D eigenvalue weighted by Crippen LogP contribution is -2.37. The molecule has 2 aliphatic heterocycles. The number of imidazole rings is 1. The molecule has 7 heteroatoms. The van der Waals surface area contributed by atoms with Crippen LogP contribution in [0.3, 0.4) is 0 Å². The fourth-order valence-corrected chi connectivity index (χ4v) is 4.47. The van der Waals surface area contributed by atoms with Crippen molar-refractivity contribution in [3.05, 3.63) is 48.2 Å². The van der Waals surface area contributed by atoms with Crippen LogP contribution in [-0.2, 0) is 18.3 Å². The number of fused-ring (bicyclic) bond motifs is 1. The van der Waals surface area contributed by atoms with E-state index in [2.05, 4.69) is 49.6 Å². The van der Waals surface area contributed by atoms with Crippen LogP contribution in [-0.4, -0.2) is 63.8 Å². The van der Waals surface area contributed by atoms with Gasteiger partial charge in [0.1, 0.15) is 5.52 Å². The van der Waals surface area contributed by atoms with Crippen molar-refractivity contribution < 1.29 is 4.74 Å². The molecule has 7 nitrogen and oxygen atoms in total. The highest BCUT2D eigenvalue weighted by Crippen LogP contribution is 2.33. The van der Waals surface area contributed by atoms with Crippen LogP contribution < -0.4 is 4.90 Å². The molecule has 2 aliphatic rings. The third-order valence-corrected chi connectivity index (χ3v) is 6.19. The van der Waals surface area contributed by atoms with Crippen LogP contribution in [0.15, 0.2) is 36.9 Å². The van der Waals surface area contributed by atoms with E-state index in [1.54, 1.807) is 0 Å². The number of anilines is 1. The van der Waals surface area contributed by atoms with Crippen molar-refractivity contribution in [2.24, 2.45) is 7.05 Å². The third kappa shape index (κ3) is 3.84. The number of nitrogens with zero attached hydrogens (tertiary/aromatic N) is 6. The van der Waals surface area contributed by atoms with Crippen molar-refractivity contribution in [2.45, 2.75) is 25.3 Å². The number of aryl methyl sites for hydroxylation is 1. The average Bonchev–Trinajstić information content (AvgIpc) is 3.16. The summed E-state index contributed by atoms with van der Waals surface area (Å²) >= 11 is 0. The fourth-order valence-electron chi connectivity index (χ4n) is 4.47. The summed E-state index contributed by atoms with van der Waals surface area (Å²) in [5.74, 6) is 1.53. The number of aromatic nitrogens is 4. The van der Waals surface area contributed by atoms with Gasteiger partial charge in [-0.1, -0.05) is 0 Å². The molecule has 0 spiro atoms. The Balaban J connectivity index is 1.36. The smallest absolute Gasteiger partial charge is 0.157 e. The Bertz CT molecular complexity index is 958. The van der Waals surface area contributed by atoms with Gasteiger partial charge in [-0.3, -0.25) is 9.88 Å². The Kier molecular flexibility index (Phi) is 5.16. The van der Waals surface area contributed by atoms with Gasteiger partial charge < -0.3 is 14.2 Å². The van der Waals surface area contributed by atoms with Crippen LogP contribution in [0.4, 0.5) is 5.82 Å². The molecule has 0 atom stereocenters. The van der Waals surface area contributed by atoms with Crippen molar-refractivity contribution in [2.75, 3.05) is 44.3 Å². The predicted molar refractivity (Wildman–Crippen MR) is 113 cm³/mol. The molecule has 0 unspecified atom stereocenters. The zero-order chi connectivity index (χ0) is 19.6. The number of ether oxygens (including phenoxy) is 1. The molecular weight excluding hydrogens is 364 g/mol. The summed E-state index contributed by atoms with van der Waals surface area (Å²) in [6.45, 7) is 6.48. The molecule has 0 bridgehead atoms. The lowest BCUT2D eigenvalue weighted by atomic mass is 9.92. The van der Waals surface area contributed by atoms with Gasteiger partial charge in [-0.2, -0.15) is 0 Å². The predicted octanol–water partition coefficient (Wildman–Crippen LogP) is 2.58. The zero-order valence-electron chi connectivity index (χ0n) is 17.0. The van der Waals surface area contributed by atoms with Gasteiger partial charge >= 0.3 is 0 Å². The van der Waals surface area contributed by atoms with Crippen molar-refractivity contribution in [1.82, 2.24) is 24.4 Å².